The third-order valence-electron chi connectivity index (χ3n) is 12.6. The lowest BCUT2D eigenvalue weighted by molar-refractivity contribution is -0.161. The predicted molar refractivity (Wildman–Crippen MR) is 324 cm³/mol. The first-order chi connectivity index (χ1) is 36.6. The number of hydrogen-bond acceptors (Lipinski definition) is 5. The zero-order valence-electron chi connectivity index (χ0n) is 47.8. The highest BCUT2D eigenvalue weighted by molar-refractivity contribution is 5.70. The van der Waals surface area contributed by atoms with Crippen LogP contribution in [0.5, 0.6) is 0 Å². The highest BCUT2D eigenvalue weighted by atomic mass is 16.6. The van der Waals surface area contributed by atoms with Crippen molar-refractivity contribution in [2.24, 2.45) is 0 Å². The van der Waals surface area contributed by atoms with Crippen LogP contribution in [-0.2, 0) is 19.1 Å². The van der Waals surface area contributed by atoms with E-state index in [1.165, 1.54) is 109 Å². The molecule has 5 heteroatoms. The van der Waals surface area contributed by atoms with Crippen LogP contribution in [0.4, 0.5) is 0 Å². The normalized spacial score (nSPS) is 13.3. The van der Waals surface area contributed by atoms with Gasteiger partial charge in [0.25, 0.3) is 0 Å². The molecule has 0 aliphatic heterocycles. The second-order valence-electron chi connectivity index (χ2n) is 19.7. The van der Waals surface area contributed by atoms with Crippen molar-refractivity contribution in [1.82, 2.24) is 0 Å². The van der Waals surface area contributed by atoms with Crippen molar-refractivity contribution in [3.63, 3.8) is 0 Å². The first-order valence-electron chi connectivity index (χ1n) is 30.4. The number of unbranched alkanes of at least 4 members (excludes halogenated alkanes) is 22. The molecular weight excluding hydrogens is 909 g/mol. The van der Waals surface area contributed by atoms with E-state index in [4.69, 9.17) is 9.47 Å². The first-order valence-corrected chi connectivity index (χ1v) is 30.4. The Labute approximate surface area is 457 Å². The Morgan fingerprint density at radius 2 is 0.581 bits per heavy atom. The SMILES string of the molecule is CC/C=C\C/C=C\C/C=C\C/C=C\C/C=C\C/C=C\C/C=C\C/C=C\C/C=C\CCCCCCCCCCCC(=O)OC(CO)COC(=O)CCCCCCCCCC/C=C\C/C=C\C/C=C\CCCCCCC. The van der Waals surface area contributed by atoms with Crippen molar-refractivity contribution in [1.29, 1.82) is 0 Å². The van der Waals surface area contributed by atoms with Crippen molar-refractivity contribution in [2.45, 2.75) is 264 Å². The fourth-order valence-electron chi connectivity index (χ4n) is 8.08. The molecule has 0 aliphatic rings. The Balaban J connectivity index is 3.59. The van der Waals surface area contributed by atoms with Gasteiger partial charge in [-0.05, 0) is 122 Å². The maximum atomic E-state index is 12.3. The minimum Gasteiger partial charge on any atom is -0.462 e. The summed E-state index contributed by atoms with van der Waals surface area (Å²) in [5.74, 6) is -0.611. The molecule has 0 radical (unpaired) electrons. The maximum absolute atomic E-state index is 12.3. The Kier molecular flexibility index (Phi) is 59.5. The topological polar surface area (TPSA) is 72.8 Å². The minimum atomic E-state index is -0.790. The Hall–Kier alpha value is -4.22. The van der Waals surface area contributed by atoms with Gasteiger partial charge in [0.05, 0.1) is 6.61 Å². The Bertz CT molecular complexity index is 1580. The van der Waals surface area contributed by atoms with Gasteiger partial charge in [0.1, 0.15) is 6.61 Å². The second kappa shape index (κ2) is 63.1. The number of carbonyl (C=O) groups excluding carboxylic acids is 2. The number of carbonyl (C=O) groups is 2. The summed E-state index contributed by atoms with van der Waals surface area (Å²) in [7, 11) is 0. The van der Waals surface area contributed by atoms with Crippen molar-refractivity contribution < 1.29 is 24.2 Å². The molecular formula is C69H112O5. The molecule has 0 heterocycles. The van der Waals surface area contributed by atoms with Gasteiger partial charge in [-0.2, -0.15) is 0 Å². The summed E-state index contributed by atoms with van der Waals surface area (Å²) in [6, 6.07) is 0. The van der Waals surface area contributed by atoms with Crippen LogP contribution < -0.4 is 0 Å². The molecule has 0 aromatic rings. The van der Waals surface area contributed by atoms with Crippen LogP contribution in [0.15, 0.2) is 146 Å². The highest BCUT2D eigenvalue weighted by Crippen LogP contribution is 2.14. The van der Waals surface area contributed by atoms with Crippen molar-refractivity contribution in [3.05, 3.63) is 146 Å². The molecule has 0 saturated heterocycles. The molecule has 1 N–H and O–H groups in total. The lowest BCUT2D eigenvalue weighted by Crippen LogP contribution is -2.28. The summed E-state index contributed by atoms with van der Waals surface area (Å²) in [5.41, 5.74) is 0. The smallest absolute Gasteiger partial charge is 0.306 e. The van der Waals surface area contributed by atoms with Crippen LogP contribution in [0, 0.1) is 0 Å². The summed E-state index contributed by atoms with van der Waals surface area (Å²) in [6.45, 7) is 4.01. The van der Waals surface area contributed by atoms with Crippen molar-refractivity contribution in [3.8, 4) is 0 Å². The fourth-order valence-corrected chi connectivity index (χ4v) is 8.08. The highest BCUT2D eigenvalue weighted by Gasteiger charge is 2.16. The number of rotatable bonds is 54. The maximum Gasteiger partial charge on any atom is 0.306 e. The standard InChI is InChI=1S/C69H112O5/c1-3-5-7-9-11-13-15-17-19-21-23-25-27-28-29-30-31-32-33-34-35-36-37-38-39-40-42-44-46-48-50-52-54-56-58-60-62-64-69(72)74-67(65-70)66-73-68(71)63-61-59-57-55-53-51-49-47-45-43-41-26-24-22-20-18-16-14-12-10-8-6-4-2/h5,7,11,13,16-19,22-25,28-29,31-32,34-35,37-38,40-43,67,70H,3-4,6,8-10,12,14-15,20-21,26-27,30,33,36,39,44-66H2,1-2H3/b7-5-,13-11-,18-16-,19-17-,24-22-,25-23-,29-28-,32-31-,35-34-,38-37-,42-40-,43-41-. The number of allylic oxidation sites excluding steroid dienone is 24. The minimum absolute atomic E-state index is 0.0801. The number of aliphatic hydroxyl groups excluding tert-OH is 1. The van der Waals surface area contributed by atoms with Crippen LogP contribution in [0.25, 0.3) is 0 Å². The van der Waals surface area contributed by atoms with Gasteiger partial charge in [-0.15, -0.1) is 0 Å². The lowest BCUT2D eigenvalue weighted by atomic mass is 10.1. The molecule has 0 saturated carbocycles. The molecule has 0 amide bonds. The molecule has 1 unspecified atom stereocenters. The quantitative estimate of drug-likeness (QED) is 0.0373. The number of hydrogen-bond donors (Lipinski definition) is 1. The van der Waals surface area contributed by atoms with Gasteiger partial charge >= 0.3 is 11.9 Å². The van der Waals surface area contributed by atoms with Gasteiger partial charge in [-0.1, -0.05) is 269 Å². The summed E-state index contributed by atoms with van der Waals surface area (Å²) in [6.07, 6.45) is 95.3. The van der Waals surface area contributed by atoms with Gasteiger partial charge in [0.15, 0.2) is 6.10 Å². The molecule has 0 spiro atoms. The molecule has 5 nitrogen and oxygen atoms in total. The Morgan fingerprint density at radius 1 is 0.324 bits per heavy atom. The number of aliphatic hydroxyl groups is 1. The van der Waals surface area contributed by atoms with Crippen LogP contribution >= 0.6 is 0 Å². The van der Waals surface area contributed by atoms with Crippen LogP contribution in [0.1, 0.15) is 258 Å². The van der Waals surface area contributed by atoms with Gasteiger partial charge in [0, 0.05) is 12.8 Å². The molecule has 0 aliphatic carbocycles. The van der Waals surface area contributed by atoms with Gasteiger partial charge in [-0.3, -0.25) is 9.59 Å². The first kappa shape index (κ1) is 69.8. The fraction of sp³-hybridized carbons (Fsp3) is 0.623. The van der Waals surface area contributed by atoms with Crippen LogP contribution in [0.2, 0.25) is 0 Å². The third kappa shape index (κ3) is 60.3. The Morgan fingerprint density at radius 3 is 0.878 bits per heavy atom. The van der Waals surface area contributed by atoms with E-state index in [2.05, 4.69) is 160 Å². The molecule has 74 heavy (non-hydrogen) atoms. The van der Waals surface area contributed by atoms with E-state index < -0.39 is 6.10 Å². The summed E-state index contributed by atoms with van der Waals surface area (Å²) >= 11 is 0. The van der Waals surface area contributed by atoms with E-state index in [9.17, 15) is 14.7 Å². The molecule has 0 aromatic carbocycles. The van der Waals surface area contributed by atoms with E-state index in [1.54, 1.807) is 0 Å². The molecule has 0 aromatic heterocycles. The largest absolute Gasteiger partial charge is 0.462 e. The van der Waals surface area contributed by atoms with Crippen LogP contribution in [0.3, 0.4) is 0 Å². The monoisotopic (exact) mass is 1020 g/mol. The van der Waals surface area contributed by atoms with E-state index in [0.29, 0.717) is 12.8 Å². The van der Waals surface area contributed by atoms with E-state index in [0.717, 1.165) is 122 Å². The zero-order chi connectivity index (χ0) is 53.4. The van der Waals surface area contributed by atoms with E-state index in [1.807, 2.05) is 0 Å². The predicted octanol–water partition coefficient (Wildman–Crippen LogP) is 21.0. The van der Waals surface area contributed by atoms with Crippen molar-refractivity contribution in [2.75, 3.05) is 13.2 Å². The van der Waals surface area contributed by atoms with Gasteiger partial charge in [-0.25, -0.2) is 0 Å². The summed E-state index contributed by atoms with van der Waals surface area (Å²) in [5, 5.41) is 9.67. The molecule has 0 bridgehead atoms. The van der Waals surface area contributed by atoms with Crippen LogP contribution in [-0.4, -0.2) is 36.4 Å². The molecule has 0 fully saturated rings. The van der Waals surface area contributed by atoms with E-state index >= 15 is 0 Å². The zero-order valence-corrected chi connectivity index (χ0v) is 47.8. The average molecular weight is 1020 g/mol. The third-order valence-corrected chi connectivity index (χ3v) is 12.6. The molecule has 1 atom stereocenters. The average Bonchev–Trinajstić information content (AvgIpc) is 3.40. The lowest BCUT2D eigenvalue weighted by Gasteiger charge is -2.15. The second-order valence-corrected chi connectivity index (χ2v) is 19.7. The molecule has 418 valence electrons. The molecule has 0 rings (SSSR count). The summed E-state index contributed by atoms with van der Waals surface area (Å²) in [4.78, 5) is 24.6. The van der Waals surface area contributed by atoms with Crippen molar-refractivity contribution >= 4 is 11.9 Å². The van der Waals surface area contributed by atoms with Gasteiger partial charge < -0.3 is 14.6 Å². The van der Waals surface area contributed by atoms with E-state index in [-0.39, 0.29) is 25.2 Å². The summed E-state index contributed by atoms with van der Waals surface area (Å²) < 4.78 is 10.7. The van der Waals surface area contributed by atoms with Gasteiger partial charge in [0.2, 0.25) is 0 Å². The number of esters is 2. The number of ether oxygens (including phenoxy) is 2.